The van der Waals surface area contributed by atoms with Crippen LogP contribution in [0.4, 0.5) is 0 Å². The number of aryl methyl sites for hydroxylation is 1. The SMILES string of the molecule is CCCCc1cn(C2C(CC)CCCCC2C(C)=O)c(=O)n1Cc1cnccc1-c1ccccc1-c1nn[nH]n1. The van der Waals surface area contributed by atoms with Gasteiger partial charge in [0.05, 0.1) is 12.6 Å². The number of carbonyl (C=O) groups excluding carboxylic acids is 1. The first-order valence-electron chi connectivity index (χ1n) is 14.6. The zero-order valence-electron chi connectivity index (χ0n) is 23.7. The predicted octanol–water partition coefficient (Wildman–Crippen LogP) is 5.63. The number of imidazole rings is 1. The molecule has 3 aromatic heterocycles. The number of benzene rings is 1. The Morgan fingerprint density at radius 3 is 2.60 bits per heavy atom. The van der Waals surface area contributed by atoms with Crippen LogP contribution in [-0.2, 0) is 17.8 Å². The number of Topliss-reactive ketones (excluding diaryl/α,β-unsaturated/α-hetero) is 1. The molecule has 0 bridgehead atoms. The molecule has 40 heavy (non-hydrogen) atoms. The third kappa shape index (κ3) is 5.55. The second-order valence-corrected chi connectivity index (χ2v) is 11.0. The molecule has 0 amide bonds. The lowest BCUT2D eigenvalue weighted by atomic mass is 9.83. The molecule has 1 N–H and O–H groups in total. The topological polar surface area (TPSA) is 111 Å². The summed E-state index contributed by atoms with van der Waals surface area (Å²) in [5, 5.41) is 14.7. The Bertz CT molecular complexity index is 1490. The number of pyridine rings is 1. The van der Waals surface area contributed by atoms with Gasteiger partial charge < -0.3 is 0 Å². The van der Waals surface area contributed by atoms with Crippen molar-refractivity contribution in [2.75, 3.05) is 0 Å². The lowest BCUT2D eigenvalue weighted by Gasteiger charge is -2.30. The summed E-state index contributed by atoms with van der Waals surface area (Å²) in [5.74, 6) is 0.878. The van der Waals surface area contributed by atoms with Gasteiger partial charge in [-0.3, -0.25) is 18.9 Å². The fourth-order valence-corrected chi connectivity index (χ4v) is 6.41. The Kier molecular flexibility index (Phi) is 8.67. The van der Waals surface area contributed by atoms with Crippen LogP contribution in [0.1, 0.15) is 83.0 Å². The number of aromatic amines is 1. The number of nitrogens with one attached hydrogen (secondary N) is 1. The highest BCUT2D eigenvalue weighted by atomic mass is 16.2. The van der Waals surface area contributed by atoms with Crippen molar-refractivity contribution in [2.24, 2.45) is 11.8 Å². The van der Waals surface area contributed by atoms with Gasteiger partial charge in [-0.2, -0.15) is 5.21 Å². The molecule has 1 aliphatic carbocycles. The van der Waals surface area contributed by atoms with E-state index in [1.54, 1.807) is 13.1 Å². The van der Waals surface area contributed by atoms with Crippen molar-refractivity contribution in [3.63, 3.8) is 0 Å². The van der Waals surface area contributed by atoms with Crippen LogP contribution in [-0.4, -0.2) is 40.5 Å². The van der Waals surface area contributed by atoms with E-state index in [4.69, 9.17) is 0 Å². The quantitative estimate of drug-likeness (QED) is 0.261. The minimum Gasteiger partial charge on any atom is -0.300 e. The largest absolute Gasteiger partial charge is 0.328 e. The molecule has 3 unspecified atom stereocenters. The van der Waals surface area contributed by atoms with Crippen molar-refractivity contribution >= 4 is 5.78 Å². The summed E-state index contributed by atoms with van der Waals surface area (Å²) in [7, 11) is 0. The van der Waals surface area contributed by atoms with Crippen molar-refractivity contribution in [3.05, 3.63) is 70.7 Å². The minimum atomic E-state index is -0.129. The Hall–Kier alpha value is -3.88. The zero-order chi connectivity index (χ0) is 28.1. The van der Waals surface area contributed by atoms with E-state index in [2.05, 4.69) is 45.7 Å². The molecule has 3 heterocycles. The Morgan fingerprint density at radius 1 is 1.07 bits per heavy atom. The molecule has 0 saturated heterocycles. The highest BCUT2D eigenvalue weighted by Gasteiger charge is 2.36. The van der Waals surface area contributed by atoms with Gasteiger partial charge in [0.1, 0.15) is 5.78 Å². The van der Waals surface area contributed by atoms with E-state index in [-0.39, 0.29) is 23.4 Å². The van der Waals surface area contributed by atoms with Gasteiger partial charge >= 0.3 is 5.69 Å². The normalized spacial score (nSPS) is 19.4. The lowest BCUT2D eigenvalue weighted by Crippen LogP contribution is -2.37. The van der Waals surface area contributed by atoms with Crippen LogP contribution in [0, 0.1) is 11.8 Å². The van der Waals surface area contributed by atoms with E-state index in [1.165, 1.54) is 0 Å². The van der Waals surface area contributed by atoms with Crippen molar-refractivity contribution < 1.29 is 4.79 Å². The number of unbranched alkanes of at least 4 members (excludes halogenated alkanes) is 1. The summed E-state index contributed by atoms with van der Waals surface area (Å²) < 4.78 is 3.82. The molecule has 9 nitrogen and oxygen atoms in total. The van der Waals surface area contributed by atoms with Gasteiger partial charge in [-0.15, -0.1) is 10.2 Å². The molecule has 0 radical (unpaired) electrons. The molecule has 0 spiro atoms. The van der Waals surface area contributed by atoms with E-state index in [1.807, 2.05) is 45.7 Å². The van der Waals surface area contributed by atoms with Crippen LogP contribution >= 0.6 is 0 Å². The van der Waals surface area contributed by atoms with Crippen LogP contribution in [0.15, 0.2) is 53.7 Å². The molecule has 1 aromatic carbocycles. The van der Waals surface area contributed by atoms with Gasteiger partial charge in [0.25, 0.3) is 0 Å². The number of carbonyl (C=O) groups is 1. The first kappa shape index (κ1) is 27.7. The highest BCUT2D eigenvalue weighted by molar-refractivity contribution is 5.81. The highest BCUT2D eigenvalue weighted by Crippen LogP contribution is 2.39. The number of H-pyrrole nitrogens is 1. The van der Waals surface area contributed by atoms with Crippen molar-refractivity contribution in [2.45, 2.75) is 84.7 Å². The summed E-state index contributed by atoms with van der Waals surface area (Å²) >= 11 is 0. The number of hydrogen-bond acceptors (Lipinski definition) is 6. The minimum absolute atomic E-state index is 0.0380. The number of tetrazole rings is 1. The van der Waals surface area contributed by atoms with Crippen LogP contribution in [0.2, 0.25) is 0 Å². The summed E-state index contributed by atoms with van der Waals surface area (Å²) in [6, 6.07) is 9.81. The molecule has 0 aliphatic heterocycles. The van der Waals surface area contributed by atoms with E-state index < -0.39 is 0 Å². The number of hydrogen-bond donors (Lipinski definition) is 1. The first-order valence-corrected chi connectivity index (χ1v) is 14.6. The molecule has 5 rings (SSSR count). The third-order valence-corrected chi connectivity index (χ3v) is 8.51. The maximum Gasteiger partial charge on any atom is 0.328 e. The van der Waals surface area contributed by atoms with Crippen molar-refractivity contribution in [3.8, 4) is 22.5 Å². The van der Waals surface area contributed by atoms with Crippen LogP contribution in [0.25, 0.3) is 22.5 Å². The first-order chi connectivity index (χ1) is 19.5. The van der Waals surface area contributed by atoms with E-state index in [9.17, 15) is 9.59 Å². The van der Waals surface area contributed by atoms with E-state index in [0.29, 0.717) is 18.3 Å². The molecule has 210 valence electrons. The Morgan fingerprint density at radius 2 is 1.88 bits per heavy atom. The summed E-state index contributed by atoms with van der Waals surface area (Å²) in [6.45, 7) is 6.43. The fourth-order valence-electron chi connectivity index (χ4n) is 6.41. The number of rotatable bonds is 10. The molecule has 3 atom stereocenters. The van der Waals surface area contributed by atoms with Crippen molar-refractivity contribution in [1.29, 1.82) is 0 Å². The molecule has 4 aromatic rings. The van der Waals surface area contributed by atoms with Gasteiger partial charge in [-0.05, 0) is 66.5 Å². The Balaban J connectivity index is 1.61. The van der Waals surface area contributed by atoms with Crippen LogP contribution in [0.3, 0.4) is 0 Å². The second-order valence-electron chi connectivity index (χ2n) is 11.0. The number of nitrogens with zero attached hydrogens (tertiary/aromatic N) is 6. The van der Waals surface area contributed by atoms with E-state index >= 15 is 0 Å². The molecule has 9 heteroatoms. The van der Waals surface area contributed by atoms with Gasteiger partial charge in [-0.1, -0.05) is 63.8 Å². The van der Waals surface area contributed by atoms with Crippen LogP contribution in [0.5, 0.6) is 0 Å². The van der Waals surface area contributed by atoms with Crippen molar-refractivity contribution in [1.82, 2.24) is 34.7 Å². The molecule has 1 aliphatic rings. The second kappa shape index (κ2) is 12.5. The lowest BCUT2D eigenvalue weighted by molar-refractivity contribution is -0.122. The number of aromatic nitrogens is 7. The third-order valence-electron chi connectivity index (χ3n) is 8.51. The average molecular weight is 542 g/mol. The Labute approximate surface area is 235 Å². The summed E-state index contributed by atoms with van der Waals surface area (Å²) in [5.41, 5.74) is 4.69. The van der Waals surface area contributed by atoms with Gasteiger partial charge in [0.2, 0.25) is 5.82 Å². The molecular weight excluding hydrogens is 502 g/mol. The zero-order valence-corrected chi connectivity index (χ0v) is 23.7. The molecular formula is C31H39N7O2. The monoisotopic (exact) mass is 541 g/mol. The molecule has 1 fully saturated rings. The smallest absolute Gasteiger partial charge is 0.300 e. The average Bonchev–Trinajstić information content (AvgIpc) is 3.55. The number of ketones is 1. The molecule has 1 saturated carbocycles. The maximum absolute atomic E-state index is 14.3. The fraction of sp³-hybridized carbons (Fsp3) is 0.484. The summed E-state index contributed by atoms with van der Waals surface area (Å²) in [6.07, 6.45) is 13.5. The van der Waals surface area contributed by atoms with Gasteiger partial charge in [-0.25, -0.2) is 4.79 Å². The van der Waals surface area contributed by atoms with Crippen LogP contribution < -0.4 is 5.69 Å². The van der Waals surface area contributed by atoms with Gasteiger partial charge in [0, 0.05) is 35.8 Å². The van der Waals surface area contributed by atoms with Gasteiger partial charge in [0.15, 0.2) is 0 Å². The summed E-state index contributed by atoms with van der Waals surface area (Å²) in [4.78, 5) is 31.5. The standard InChI is InChI=1S/C31H39N7O2/c1-4-6-12-24-20-38(29-22(5-2)11-7-8-13-25(29)21(3)39)31(40)37(24)19-23-18-32-17-16-26(23)27-14-9-10-15-28(27)30-33-35-36-34-30/h9-10,14-18,20,22,25,29H,4-8,11-13,19H2,1-3H3,(H,33,34,35,36). The predicted molar refractivity (Wildman–Crippen MR) is 155 cm³/mol. The maximum atomic E-state index is 14.3. The van der Waals surface area contributed by atoms with E-state index in [0.717, 1.165) is 79.3 Å².